The summed E-state index contributed by atoms with van der Waals surface area (Å²) in [5.74, 6) is -1.31. The summed E-state index contributed by atoms with van der Waals surface area (Å²) in [5, 5.41) is 0. The van der Waals surface area contributed by atoms with Gasteiger partial charge in [0.05, 0.1) is 30.9 Å². The fourth-order valence-electron chi connectivity index (χ4n) is 5.20. The van der Waals surface area contributed by atoms with Crippen LogP contribution in [-0.4, -0.2) is 53.8 Å². The SMILES string of the molecule is CC[C@@H]1C[C@]1(CC(=O)[C@@H]1C[C@H](C)CN1C(=O)[C@@H](CC(=O)OC(C)(C)C)C(C)(C)C)C(=O)OC. The van der Waals surface area contributed by atoms with Crippen LogP contribution in [0.2, 0.25) is 0 Å². The van der Waals surface area contributed by atoms with Crippen LogP contribution < -0.4 is 0 Å². The molecule has 1 amide bonds. The zero-order valence-electron chi connectivity index (χ0n) is 21.9. The van der Waals surface area contributed by atoms with Crippen LogP contribution in [0.4, 0.5) is 0 Å². The van der Waals surface area contributed by atoms with Crippen LogP contribution in [0.3, 0.4) is 0 Å². The molecule has 2 rings (SSSR count). The summed E-state index contributed by atoms with van der Waals surface area (Å²) in [6.07, 6.45) is 2.11. The average molecular weight is 466 g/mol. The lowest BCUT2D eigenvalue weighted by Gasteiger charge is -2.35. The second-order valence-corrected chi connectivity index (χ2v) is 12.2. The third-order valence-corrected chi connectivity index (χ3v) is 7.11. The summed E-state index contributed by atoms with van der Waals surface area (Å²) >= 11 is 0. The first-order valence-electron chi connectivity index (χ1n) is 12.2. The van der Waals surface area contributed by atoms with Crippen molar-refractivity contribution in [1.29, 1.82) is 0 Å². The summed E-state index contributed by atoms with van der Waals surface area (Å²) in [6.45, 7) is 15.7. The predicted molar refractivity (Wildman–Crippen MR) is 125 cm³/mol. The van der Waals surface area contributed by atoms with Crippen molar-refractivity contribution >= 4 is 23.6 Å². The van der Waals surface area contributed by atoms with Crippen molar-refractivity contribution in [3.8, 4) is 0 Å². The number of Topliss-reactive ketones (excluding diaryl/α,β-unsaturated/α-hetero) is 1. The number of ketones is 1. The first-order valence-corrected chi connectivity index (χ1v) is 12.2. The van der Waals surface area contributed by atoms with Crippen LogP contribution in [0, 0.1) is 28.6 Å². The zero-order chi connectivity index (χ0) is 25.4. The topological polar surface area (TPSA) is 90.0 Å². The molecule has 1 aliphatic heterocycles. The molecule has 2 fully saturated rings. The van der Waals surface area contributed by atoms with E-state index in [2.05, 4.69) is 0 Å². The smallest absolute Gasteiger partial charge is 0.312 e. The molecular weight excluding hydrogens is 422 g/mol. The number of ether oxygens (including phenoxy) is 2. The molecule has 0 aromatic carbocycles. The Morgan fingerprint density at radius 1 is 1.09 bits per heavy atom. The predicted octanol–water partition coefficient (Wildman–Crippen LogP) is 4.17. The molecule has 1 heterocycles. The molecule has 1 aliphatic carbocycles. The van der Waals surface area contributed by atoms with Crippen LogP contribution in [0.15, 0.2) is 0 Å². The molecule has 33 heavy (non-hydrogen) atoms. The lowest BCUT2D eigenvalue weighted by Crippen LogP contribution is -2.48. The van der Waals surface area contributed by atoms with Gasteiger partial charge in [-0.3, -0.25) is 19.2 Å². The molecule has 0 radical (unpaired) electrons. The maximum atomic E-state index is 13.7. The molecule has 5 atom stereocenters. The van der Waals surface area contributed by atoms with E-state index in [0.717, 1.165) is 6.42 Å². The Kier molecular flexibility index (Phi) is 8.07. The average Bonchev–Trinajstić information content (AvgIpc) is 3.25. The molecule has 0 aromatic heterocycles. The molecule has 1 saturated carbocycles. The normalized spacial score (nSPS) is 28.3. The van der Waals surface area contributed by atoms with E-state index in [9.17, 15) is 19.2 Å². The summed E-state index contributed by atoms with van der Waals surface area (Å²) in [7, 11) is 1.36. The van der Waals surface area contributed by atoms with Crippen molar-refractivity contribution in [2.45, 2.75) is 99.1 Å². The van der Waals surface area contributed by atoms with Gasteiger partial charge in [-0.2, -0.15) is 0 Å². The highest BCUT2D eigenvalue weighted by Gasteiger charge is 2.61. The zero-order valence-corrected chi connectivity index (χ0v) is 21.9. The first kappa shape index (κ1) is 27.3. The highest BCUT2D eigenvalue weighted by atomic mass is 16.6. The highest BCUT2D eigenvalue weighted by Crippen LogP contribution is 2.58. The number of esters is 2. The molecule has 0 bridgehead atoms. The molecule has 7 nitrogen and oxygen atoms in total. The van der Waals surface area contributed by atoms with E-state index in [-0.39, 0.29) is 42.3 Å². The van der Waals surface area contributed by atoms with Gasteiger partial charge < -0.3 is 14.4 Å². The third kappa shape index (κ3) is 6.36. The molecule has 188 valence electrons. The number of amides is 1. The number of hydrogen-bond acceptors (Lipinski definition) is 6. The van der Waals surface area contributed by atoms with Crippen molar-refractivity contribution in [3.63, 3.8) is 0 Å². The van der Waals surface area contributed by atoms with Crippen molar-refractivity contribution < 1.29 is 28.7 Å². The highest BCUT2D eigenvalue weighted by molar-refractivity contribution is 5.95. The van der Waals surface area contributed by atoms with Crippen molar-refractivity contribution in [2.24, 2.45) is 28.6 Å². The minimum atomic E-state index is -0.749. The monoisotopic (exact) mass is 465 g/mol. The van der Waals surface area contributed by atoms with Crippen LogP contribution in [-0.2, 0) is 28.7 Å². The fourth-order valence-corrected chi connectivity index (χ4v) is 5.20. The summed E-state index contributed by atoms with van der Waals surface area (Å²) in [4.78, 5) is 53.8. The Labute approximate surface area is 198 Å². The Morgan fingerprint density at radius 3 is 2.15 bits per heavy atom. The van der Waals surface area contributed by atoms with Gasteiger partial charge in [-0.25, -0.2) is 0 Å². The summed E-state index contributed by atoms with van der Waals surface area (Å²) in [6, 6.07) is -0.573. The van der Waals surface area contributed by atoms with Gasteiger partial charge in [-0.15, -0.1) is 0 Å². The lowest BCUT2D eigenvalue weighted by atomic mass is 9.77. The maximum absolute atomic E-state index is 13.7. The second kappa shape index (κ2) is 9.75. The van der Waals surface area contributed by atoms with E-state index in [4.69, 9.17) is 9.47 Å². The third-order valence-electron chi connectivity index (χ3n) is 7.11. The van der Waals surface area contributed by atoms with E-state index in [1.54, 1.807) is 25.7 Å². The minimum Gasteiger partial charge on any atom is -0.469 e. The minimum absolute atomic E-state index is 0.0323. The van der Waals surface area contributed by atoms with Crippen molar-refractivity contribution in [3.05, 3.63) is 0 Å². The van der Waals surface area contributed by atoms with Gasteiger partial charge in [-0.1, -0.05) is 41.0 Å². The quantitative estimate of drug-likeness (QED) is 0.500. The summed E-state index contributed by atoms with van der Waals surface area (Å²) in [5.41, 5.74) is -1.86. The summed E-state index contributed by atoms with van der Waals surface area (Å²) < 4.78 is 10.5. The van der Waals surface area contributed by atoms with E-state index in [1.807, 2.05) is 34.6 Å². The van der Waals surface area contributed by atoms with Crippen LogP contribution in [0.5, 0.6) is 0 Å². The Hall–Kier alpha value is -1.92. The van der Waals surface area contributed by atoms with Gasteiger partial charge in [0.1, 0.15) is 5.60 Å². The fraction of sp³-hybridized carbons (Fsp3) is 0.846. The van der Waals surface area contributed by atoms with Crippen molar-refractivity contribution in [2.75, 3.05) is 13.7 Å². The van der Waals surface area contributed by atoms with Crippen LogP contribution in [0.25, 0.3) is 0 Å². The Balaban J connectivity index is 2.23. The largest absolute Gasteiger partial charge is 0.469 e. The number of methoxy groups -OCH3 is 1. The molecule has 0 spiro atoms. The first-order chi connectivity index (χ1) is 15.1. The molecule has 2 aliphatic rings. The molecule has 0 N–H and O–H groups in total. The lowest BCUT2D eigenvalue weighted by molar-refractivity contribution is -0.161. The van der Waals surface area contributed by atoms with Gasteiger partial charge in [-0.05, 0) is 50.9 Å². The van der Waals surface area contributed by atoms with E-state index < -0.39 is 34.4 Å². The number of hydrogen-bond donors (Lipinski definition) is 0. The molecular formula is C26H43NO6. The van der Waals surface area contributed by atoms with Crippen LogP contribution in [0.1, 0.15) is 87.5 Å². The number of likely N-dealkylation sites (tertiary alicyclic amines) is 1. The second-order valence-electron chi connectivity index (χ2n) is 12.2. The van der Waals surface area contributed by atoms with Gasteiger partial charge in [0.15, 0.2) is 5.78 Å². The van der Waals surface area contributed by atoms with Gasteiger partial charge in [0.2, 0.25) is 5.91 Å². The van der Waals surface area contributed by atoms with Gasteiger partial charge in [0.25, 0.3) is 0 Å². The number of nitrogens with zero attached hydrogens (tertiary/aromatic N) is 1. The Bertz CT molecular complexity index is 777. The molecule has 7 heteroatoms. The molecule has 0 unspecified atom stereocenters. The molecule has 1 saturated heterocycles. The number of rotatable bonds is 8. The van der Waals surface area contributed by atoms with Gasteiger partial charge >= 0.3 is 11.9 Å². The molecule has 0 aromatic rings. The van der Waals surface area contributed by atoms with E-state index >= 15 is 0 Å². The Morgan fingerprint density at radius 2 is 1.70 bits per heavy atom. The standard InChI is InChI=1S/C26H43NO6/c1-10-17-13-26(17,23(31)32-9)14-20(28)19-11-16(2)15-27(19)22(30)18(24(3,4)5)12-21(29)33-25(6,7)8/h16-19H,10-15H2,1-9H3/t16-,17+,18+,19-,26+/m0/s1. The maximum Gasteiger partial charge on any atom is 0.312 e. The number of carbonyl (C=O) groups excluding carboxylic acids is 4. The number of carbonyl (C=O) groups is 4. The van der Waals surface area contributed by atoms with Crippen molar-refractivity contribution in [1.82, 2.24) is 4.90 Å². The van der Waals surface area contributed by atoms with E-state index in [1.165, 1.54) is 7.11 Å². The van der Waals surface area contributed by atoms with E-state index in [0.29, 0.717) is 19.4 Å². The van der Waals surface area contributed by atoms with Crippen LogP contribution >= 0.6 is 0 Å². The van der Waals surface area contributed by atoms with Gasteiger partial charge in [0, 0.05) is 13.0 Å².